The van der Waals surface area contributed by atoms with E-state index >= 15 is 0 Å². The summed E-state index contributed by atoms with van der Waals surface area (Å²) in [5, 5.41) is 20.3. The maximum Gasteiger partial charge on any atom is 0.296 e. The maximum absolute atomic E-state index is 13.3. The second kappa shape index (κ2) is 11.1. The number of hydrogen-bond acceptors (Lipinski definition) is 7. The molecule has 0 saturated carbocycles. The Hall–Kier alpha value is -3.72. The highest BCUT2D eigenvalue weighted by atomic mass is 35.5. The Bertz CT molecular complexity index is 1500. The minimum absolute atomic E-state index is 0.00357. The van der Waals surface area contributed by atoms with Gasteiger partial charge >= 0.3 is 0 Å². The zero-order chi connectivity index (χ0) is 25.8. The zero-order valence-electron chi connectivity index (χ0n) is 19.3. The summed E-state index contributed by atoms with van der Waals surface area (Å²) in [5.74, 6) is -1.15. The molecule has 1 N–H and O–H groups in total. The number of aliphatic hydroxyl groups excluding tert-OH is 1. The molecular formula is C28H20ClN3O3S2. The van der Waals surface area contributed by atoms with Crippen LogP contribution in [0.3, 0.4) is 0 Å². The molecule has 1 aromatic heterocycles. The number of aromatic nitrogens is 2. The highest BCUT2D eigenvalue weighted by Crippen LogP contribution is 2.43. The Labute approximate surface area is 226 Å². The van der Waals surface area contributed by atoms with Crippen molar-refractivity contribution in [2.24, 2.45) is 0 Å². The molecule has 1 unspecified atom stereocenters. The Morgan fingerprint density at radius 2 is 1.68 bits per heavy atom. The number of rotatable bonds is 8. The van der Waals surface area contributed by atoms with Crippen LogP contribution in [0.15, 0.2) is 107 Å². The van der Waals surface area contributed by atoms with E-state index in [9.17, 15) is 14.7 Å². The second-order valence-electron chi connectivity index (χ2n) is 8.09. The van der Waals surface area contributed by atoms with Gasteiger partial charge in [-0.2, -0.15) is 0 Å². The van der Waals surface area contributed by atoms with E-state index in [1.807, 2.05) is 84.9 Å². The molecule has 6 nitrogen and oxygen atoms in total. The molecule has 9 heteroatoms. The fourth-order valence-corrected chi connectivity index (χ4v) is 6.10. The van der Waals surface area contributed by atoms with E-state index in [0.717, 1.165) is 11.1 Å². The van der Waals surface area contributed by atoms with E-state index < -0.39 is 23.5 Å². The fraction of sp³-hybridized carbons (Fsp3) is 0.0714. The first kappa shape index (κ1) is 25.0. The van der Waals surface area contributed by atoms with Gasteiger partial charge in [-0.15, -0.1) is 10.2 Å². The van der Waals surface area contributed by atoms with Crippen molar-refractivity contribution in [3.05, 3.63) is 124 Å². The van der Waals surface area contributed by atoms with E-state index in [0.29, 0.717) is 25.8 Å². The van der Waals surface area contributed by atoms with Crippen LogP contribution in [-0.4, -0.2) is 27.0 Å². The Balaban J connectivity index is 1.45. The molecule has 5 rings (SSSR count). The number of ketones is 1. The largest absolute Gasteiger partial charge is 0.503 e. The zero-order valence-corrected chi connectivity index (χ0v) is 21.7. The van der Waals surface area contributed by atoms with Crippen molar-refractivity contribution in [2.45, 2.75) is 16.1 Å². The van der Waals surface area contributed by atoms with Crippen LogP contribution in [0.4, 0.5) is 5.13 Å². The molecule has 0 bridgehead atoms. The highest BCUT2D eigenvalue weighted by Gasteiger charge is 2.45. The molecule has 2 heterocycles. The maximum atomic E-state index is 13.3. The van der Waals surface area contributed by atoms with Crippen LogP contribution >= 0.6 is 34.7 Å². The highest BCUT2D eigenvalue weighted by molar-refractivity contribution is 8.00. The molecule has 0 fully saturated rings. The smallest absolute Gasteiger partial charge is 0.296 e. The minimum Gasteiger partial charge on any atom is -0.503 e. The molecular weight excluding hydrogens is 526 g/mol. The topological polar surface area (TPSA) is 83.4 Å². The number of amides is 1. The Morgan fingerprint density at radius 1 is 1.00 bits per heavy atom. The van der Waals surface area contributed by atoms with Crippen molar-refractivity contribution >= 4 is 57.6 Å². The van der Waals surface area contributed by atoms with Crippen molar-refractivity contribution in [1.82, 2.24) is 10.2 Å². The minimum atomic E-state index is -0.837. The summed E-state index contributed by atoms with van der Waals surface area (Å²) in [5.41, 5.74) is 2.47. The predicted molar refractivity (Wildman–Crippen MR) is 148 cm³/mol. The third-order valence-corrected chi connectivity index (χ3v) is 8.20. The molecule has 0 spiro atoms. The number of carbonyl (C=O) groups excluding carboxylic acids is 2. The third-order valence-electron chi connectivity index (χ3n) is 5.73. The first-order chi connectivity index (χ1) is 18.0. The summed E-state index contributed by atoms with van der Waals surface area (Å²) in [6.45, 7) is 0. The molecule has 1 atom stereocenters. The molecule has 1 aliphatic rings. The fourth-order valence-electron chi connectivity index (χ4n) is 3.94. The molecule has 0 aliphatic carbocycles. The molecule has 1 aliphatic heterocycles. The molecule has 1 amide bonds. The third kappa shape index (κ3) is 5.36. The predicted octanol–water partition coefficient (Wildman–Crippen LogP) is 6.67. The molecule has 0 saturated heterocycles. The summed E-state index contributed by atoms with van der Waals surface area (Å²) in [7, 11) is 0. The van der Waals surface area contributed by atoms with Gasteiger partial charge in [0.25, 0.3) is 5.91 Å². The summed E-state index contributed by atoms with van der Waals surface area (Å²) >= 11 is 8.93. The number of nitrogens with zero attached hydrogens (tertiary/aromatic N) is 3. The average Bonchev–Trinajstić information content (AvgIpc) is 3.50. The number of thioether (sulfide) groups is 1. The van der Waals surface area contributed by atoms with E-state index in [1.165, 1.54) is 34.1 Å². The van der Waals surface area contributed by atoms with Gasteiger partial charge in [0.2, 0.25) is 5.13 Å². The summed E-state index contributed by atoms with van der Waals surface area (Å²) in [4.78, 5) is 27.9. The number of halogens is 1. The number of anilines is 1. The molecule has 4 aromatic rings. The van der Waals surface area contributed by atoms with Crippen molar-refractivity contribution in [3.8, 4) is 0 Å². The normalized spacial score (nSPS) is 15.6. The van der Waals surface area contributed by atoms with E-state index in [4.69, 9.17) is 11.6 Å². The first-order valence-electron chi connectivity index (χ1n) is 11.3. The summed E-state index contributed by atoms with van der Waals surface area (Å²) in [6, 6.07) is 25.2. The lowest BCUT2D eigenvalue weighted by Crippen LogP contribution is -2.30. The van der Waals surface area contributed by atoms with Gasteiger partial charge in [-0.25, -0.2) is 0 Å². The Morgan fingerprint density at radius 3 is 2.41 bits per heavy atom. The van der Waals surface area contributed by atoms with Crippen LogP contribution in [0, 0.1) is 0 Å². The molecule has 184 valence electrons. The second-order valence-corrected chi connectivity index (χ2v) is 10.7. The van der Waals surface area contributed by atoms with Crippen molar-refractivity contribution in [2.75, 3.05) is 4.90 Å². The number of aliphatic hydroxyl groups is 1. The molecule has 37 heavy (non-hydrogen) atoms. The van der Waals surface area contributed by atoms with Gasteiger partial charge in [-0.1, -0.05) is 120 Å². The van der Waals surface area contributed by atoms with Crippen molar-refractivity contribution < 1.29 is 14.7 Å². The van der Waals surface area contributed by atoms with Crippen LogP contribution in [0.5, 0.6) is 0 Å². The van der Waals surface area contributed by atoms with Gasteiger partial charge in [0.15, 0.2) is 15.9 Å². The number of carbonyl (C=O) groups is 2. The lowest BCUT2D eigenvalue weighted by atomic mass is 9.96. The molecule has 0 radical (unpaired) electrons. The summed E-state index contributed by atoms with van der Waals surface area (Å²) < 4.78 is 0.637. The lowest BCUT2D eigenvalue weighted by Gasteiger charge is -2.23. The summed E-state index contributed by atoms with van der Waals surface area (Å²) in [6.07, 6.45) is 3.03. The first-order valence-corrected chi connectivity index (χ1v) is 13.5. The quantitative estimate of drug-likeness (QED) is 0.151. The monoisotopic (exact) mass is 545 g/mol. The number of hydrogen-bond donors (Lipinski definition) is 1. The van der Waals surface area contributed by atoms with E-state index in [2.05, 4.69) is 10.2 Å². The van der Waals surface area contributed by atoms with Crippen LogP contribution in [0.1, 0.15) is 22.7 Å². The van der Waals surface area contributed by atoms with Crippen molar-refractivity contribution in [3.63, 3.8) is 0 Å². The standard InChI is InChI=1S/C28H20ClN3O3S2/c29-21-14-8-7-13-20(21)17-36-28-31-30-27(37-28)32-24(19-11-5-2-6-12-19)23(25(34)26(32)35)22(33)16-15-18-9-3-1-4-10-18/h1-16,24,34H,17H2/b16-15+. The van der Waals surface area contributed by atoms with Gasteiger partial charge in [0.05, 0.1) is 11.6 Å². The number of allylic oxidation sites excluding steroid dienone is 1. The van der Waals surface area contributed by atoms with Gasteiger partial charge < -0.3 is 5.11 Å². The van der Waals surface area contributed by atoms with Crippen LogP contribution in [0.2, 0.25) is 5.02 Å². The molecule has 3 aromatic carbocycles. The van der Waals surface area contributed by atoms with Gasteiger partial charge in [0.1, 0.15) is 0 Å². The van der Waals surface area contributed by atoms with E-state index in [1.54, 1.807) is 6.08 Å². The Kier molecular flexibility index (Phi) is 7.50. The van der Waals surface area contributed by atoms with Crippen molar-refractivity contribution in [1.29, 1.82) is 0 Å². The van der Waals surface area contributed by atoms with Gasteiger partial charge in [-0.05, 0) is 28.8 Å². The van der Waals surface area contributed by atoms with Crippen LogP contribution in [0.25, 0.3) is 6.08 Å². The van der Waals surface area contributed by atoms with E-state index in [-0.39, 0.29) is 5.57 Å². The van der Waals surface area contributed by atoms with Crippen LogP contribution < -0.4 is 4.90 Å². The average molecular weight is 546 g/mol. The SMILES string of the molecule is O=C(/C=C/c1ccccc1)C1=C(O)C(=O)N(c2nnc(SCc3ccccc3Cl)s2)C1c1ccccc1. The number of benzene rings is 3. The van der Waals surface area contributed by atoms with Crippen LogP contribution in [-0.2, 0) is 15.3 Å². The van der Waals surface area contributed by atoms with Gasteiger partial charge in [0, 0.05) is 10.8 Å². The van der Waals surface area contributed by atoms with Gasteiger partial charge in [-0.3, -0.25) is 14.5 Å². The lowest BCUT2D eigenvalue weighted by molar-refractivity contribution is -0.117.